The quantitative estimate of drug-likeness (QED) is 0.321. The van der Waals surface area contributed by atoms with Gasteiger partial charge in [0.1, 0.15) is 0 Å². The minimum absolute atomic E-state index is 0. The lowest BCUT2D eigenvalue weighted by atomic mass is 10.2. The maximum Gasteiger partial charge on any atom is 0.224 e. The van der Waals surface area contributed by atoms with Crippen molar-refractivity contribution in [3.05, 3.63) is 34.3 Å². The van der Waals surface area contributed by atoms with Gasteiger partial charge in [0.05, 0.1) is 0 Å². The van der Waals surface area contributed by atoms with Crippen LogP contribution in [0.2, 0.25) is 0 Å². The lowest BCUT2D eigenvalue weighted by Gasteiger charge is -2.24. The molecule has 0 aliphatic carbocycles. The van der Waals surface area contributed by atoms with E-state index in [1.807, 2.05) is 43.1 Å². The van der Waals surface area contributed by atoms with E-state index in [9.17, 15) is 4.79 Å². The molecule has 2 N–H and O–H groups in total. The number of rotatable bonds is 6. The van der Waals surface area contributed by atoms with Crippen molar-refractivity contribution >= 4 is 63.5 Å². The zero-order valence-electron chi connectivity index (χ0n) is 15.3. The number of carbonyl (C=O) groups is 1. The molecule has 0 saturated carbocycles. The minimum Gasteiger partial charge on any atom is -0.356 e. The Balaban J connectivity index is 0.00000338. The van der Waals surface area contributed by atoms with Crippen LogP contribution in [0.1, 0.15) is 24.8 Å². The molecule has 1 unspecified atom stereocenters. The molecule has 1 aromatic carbocycles. The van der Waals surface area contributed by atoms with Gasteiger partial charge in [0.25, 0.3) is 0 Å². The Bertz CT molecular complexity index is 596. The molecule has 1 atom stereocenters. The van der Waals surface area contributed by atoms with Gasteiger partial charge in [0.2, 0.25) is 5.91 Å². The molecule has 146 valence electrons. The smallest absolute Gasteiger partial charge is 0.224 e. The van der Waals surface area contributed by atoms with E-state index in [0.717, 1.165) is 21.7 Å². The van der Waals surface area contributed by atoms with Crippen LogP contribution in [0.5, 0.6) is 0 Å². The van der Waals surface area contributed by atoms with Crippen molar-refractivity contribution in [3.63, 3.8) is 0 Å². The van der Waals surface area contributed by atoms with Crippen molar-refractivity contribution in [2.24, 2.45) is 4.99 Å². The van der Waals surface area contributed by atoms with Gasteiger partial charge in [-0.2, -0.15) is 11.8 Å². The first-order chi connectivity index (χ1) is 12.1. The Labute approximate surface area is 186 Å². The molecule has 0 radical (unpaired) electrons. The van der Waals surface area contributed by atoms with Crippen LogP contribution in [-0.4, -0.2) is 55.0 Å². The number of hydrogen-bond acceptors (Lipinski definition) is 3. The third-order valence-corrected chi connectivity index (χ3v) is 6.14. The molecular weight excluding hydrogens is 527 g/mol. The van der Waals surface area contributed by atoms with Crippen molar-refractivity contribution in [2.75, 3.05) is 32.1 Å². The summed E-state index contributed by atoms with van der Waals surface area (Å²) >= 11 is 5.51. The highest BCUT2D eigenvalue weighted by Crippen LogP contribution is 2.18. The van der Waals surface area contributed by atoms with Gasteiger partial charge in [-0.15, -0.1) is 24.0 Å². The Hall–Kier alpha value is -0.480. The number of nitrogens with zero attached hydrogens (tertiary/aromatic N) is 2. The second kappa shape index (κ2) is 12.8. The van der Waals surface area contributed by atoms with Crippen LogP contribution in [-0.2, 0) is 11.3 Å². The van der Waals surface area contributed by atoms with Crippen molar-refractivity contribution in [1.82, 2.24) is 15.5 Å². The summed E-state index contributed by atoms with van der Waals surface area (Å²) < 4.78 is 1.03. The normalized spacial score (nSPS) is 17.2. The van der Waals surface area contributed by atoms with Crippen LogP contribution >= 0.6 is 51.7 Å². The predicted molar refractivity (Wildman–Crippen MR) is 125 cm³/mol. The van der Waals surface area contributed by atoms with E-state index in [0.29, 0.717) is 25.6 Å². The zero-order chi connectivity index (χ0) is 18.1. The average Bonchev–Trinajstić information content (AvgIpc) is 2.63. The van der Waals surface area contributed by atoms with Gasteiger partial charge < -0.3 is 15.5 Å². The summed E-state index contributed by atoms with van der Waals surface area (Å²) in [6, 6.07) is 8.45. The number of carbonyl (C=O) groups excluding carboxylic acids is 1. The molecule has 1 aliphatic heterocycles. The maximum atomic E-state index is 12.3. The Morgan fingerprint density at radius 3 is 2.85 bits per heavy atom. The van der Waals surface area contributed by atoms with E-state index < -0.39 is 0 Å². The number of aliphatic imine (C=N–C) groups is 1. The van der Waals surface area contributed by atoms with Crippen LogP contribution in [0, 0.1) is 0 Å². The minimum atomic E-state index is 0. The summed E-state index contributed by atoms with van der Waals surface area (Å²) in [5, 5.41) is 6.69. The van der Waals surface area contributed by atoms with Gasteiger partial charge in [-0.05, 0) is 30.2 Å². The summed E-state index contributed by atoms with van der Waals surface area (Å²) in [5.74, 6) is 3.28. The monoisotopic (exact) mass is 554 g/mol. The van der Waals surface area contributed by atoms with Gasteiger partial charge >= 0.3 is 0 Å². The molecule has 1 fully saturated rings. The first-order valence-electron chi connectivity index (χ1n) is 8.62. The number of hydrogen-bond donors (Lipinski definition) is 2. The third-order valence-electron chi connectivity index (χ3n) is 4.15. The van der Waals surface area contributed by atoms with Crippen LogP contribution in [0.4, 0.5) is 0 Å². The van der Waals surface area contributed by atoms with E-state index in [4.69, 9.17) is 0 Å². The molecule has 5 nitrogen and oxygen atoms in total. The van der Waals surface area contributed by atoms with Crippen molar-refractivity contribution in [2.45, 2.75) is 31.8 Å². The van der Waals surface area contributed by atoms with Gasteiger partial charge in [0, 0.05) is 49.9 Å². The number of benzene rings is 1. The second-order valence-corrected chi connectivity index (χ2v) is 8.15. The summed E-state index contributed by atoms with van der Waals surface area (Å²) in [6.07, 6.45) is 2.88. The highest BCUT2D eigenvalue weighted by atomic mass is 127. The fourth-order valence-electron chi connectivity index (χ4n) is 2.69. The van der Waals surface area contributed by atoms with Crippen LogP contribution < -0.4 is 10.6 Å². The first kappa shape index (κ1) is 23.6. The molecular formula is C18H28BrIN4OS. The van der Waals surface area contributed by atoms with Crippen LogP contribution in [0.25, 0.3) is 0 Å². The summed E-state index contributed by atoms with van der Waals surface area (Å²) in [4.78, 5) is 18.3. The molecule has 1 amide bonds. The van der Waals surface area contributed by atoms with E-state index in [1.165, 1.54) is 18.6 Å². The average molecular weight is 555 g/mol. The first-order valence-corrected chi connectivity index (χ1v) is 10.6. The molecule has 1 heterocycles. The molecule has 26 heavy (non-hydrogen) atoms. The van der Waals surface area contributed by atoms with E-state index in [2.05, 4.69) is 31.6 Å². The number of nitrogens with one attached hydrogen (secondary N) is 2. The topological polar surface area (TPSA) is 56.7 Å². The van der Waals surface area contributed by atoms with Crippen LogP contribution in [0.15, 0.2) is 33.7 Å². The molecule has 0 bridgehead atoms. The predicted octanol–water partition coefficient (Wildman–Crippen LogP) is 3.48. The molecule has 8 heteroatoms. The third kappa shape index (κ3) is 8.04. The molecule has 1 aliphatic rings. The molecule has 2 rings (SSSR count). The second-order valence-electron chi connectivity index (χ2n) is 6.15. The van der Waals surface area contributed by atoms with E-state index in [-0.39, 0.29) is 29.9 Å². The number of halogens is 2. The fourth-order valence-corrected chi connectivity index (χ4v) is 4.17. The zero-order valence-corrected chi connectivity index (χ0v) is 20.1. The van der Waals surface area contributed by atoms with Crippen molar-refractivity contribution in [1.29, 1.82) is 0 Å². The Morgan fingerprint density at radius 1 is 1.42 bits per heavy atom. The van der Waals surface area contributed by atoms with E-state index in [1.54, 1.807) is 11.9 Å². The van der Waals surface area contributed by atoms with Crippen molar-refractivity contribution < 1.29 is 4.79 Å². The summed E-state index contributed by atoms with van der Waals surface area (Å²) in [6.45, 7) is 1.19. The highest BCUT2D eigenvalue weighted by molar-refractivity contribution is 14.0. The maximum absolute atomic E-state index is 12.3. The Morgan fingerprint density at radius 2 is 2.19 bits per heavy atom. The lowest BCUT2D eigenvalue weighted by Crippen LogP contribution is -2.46. The van der Waals surface area contributed by atoms with Crippen LogP contribution in [0.3, 0.4) is 0 Å². The van der Waals surface area contributed by atoms with Gasteiger partial charge in [-0.3, -0.25) is 9.79 Å². The molecule has 0 spiro atoms. The number of amides is 1. The van der Waals surface area contributed by atoms with E-state index >= 15 is 0 Å². The molecule has 0 aromatic heterocycles. The lowest BCUT2D eigenvalue weighted by molar-refractivity contribution is -0.130. The Kier molecular flexibility index (Phi) is 11.6. The standard InChI is InChI=1S/C18H27BrN4OS.HI/c1-20-18(22-15-7-5-11-25-13-15)21-10-9-17(24)23(2)12-14-6-3-4-8-16(14)19;/h3-4,6,8,15H,5,7,9-13H2,1-2H3,(H2,20,21,22);1H. The molecule has 1 saturated heterocycles. The number of thioether (sulfide) groups is 1. The van der Waals surface area contributed by atoms with Crippen molar-refractivity contribution in [3.8, 4) is 0 Å². The van der Waals surface area contributed by atoms with Gasteiger partial charge in [-0.25, -0.2) is 0 Å². The summed E-state index contributed by atoms with van der Waals surface area (Å²) in [5.41, 5.74) is 1.11. The SMILES string of the molecule is CN=C(NCCC(=O)N(C)Cc1ccccc1Br)NC1CCCSC1.I. The number of guanidine groups is 1. The van der Waals surface area contributed by atoms with Gasteiger partial charge in [0.15, 0.2) is 5.96 Å². The summed E-state index contributed by atoms with van der Waals surface area (Å²) in [7, 11) is 3.61. The molecule has 1 aromatic rings. The highest BCUT2D eigenvalue weighted by Gasteiger charge is 2.15. The van der Waals surface area contributed by atoms with Gasteiger partial charge in [-0.1, -0.05) is 34.1 Å². The largest absolute Gasteiger partial charge is 0.356 e. The fraction of sp³-hybridized carbons (Fsp3) is 0.556.